The Labute approximate surface area is 833 Å². The number of hydrogen-bond acceptors (Lipinski definition) is 9. The second-order valence-corrected chi connectivity index (χ2v) is 36.2. The second kappa shape index (κ2) is 36.9. The number of fused-ring (bicyclic) bond motifs is 9. The maximum Gasteiger partial charge on any atom is 0.161 e. The maximum atomic E-state index is 9.51. The van der Waals surface area contributed by atoms with Gasteiger partial charge in [0, 0.05) is 55.5 Å². The molecule has 27 rings (SSSR count). The Morgan fingerprint density at radius 3 is 0.569 bits per heavy atom. The van der Waals surface area contributed by atoms with Crippen molar-refractivity contribution in [1.82, 2.24) is 29.9 Å². The summed E-state index contributed by atoms with van der Waals surface area (Å²) in [6, 6.07) is 177. The Balaban J connectivity index is 0.000000114. The minimum Gasteiger partial charge on any atom is -0.228 e. The number of rotatable bonds is 15. The van der Waals surface area contributed by atoms with Crippen LogP contribution in [0.15, 0.2) is 491 Å². The molecule has 0 saturated carbocycles. The van der Waals surface area contributed by atoms with Crippen molar-refractivity contribution in [2.75, 3.05) is 0 Å². The first-order valence-electron chi connectivity index (χ1n) is 48.2. The van der Waals surface area contributed by atoms with Crippen LogP contribution >= 0.6 is 0 Å². The fraction of sp³-hybridized carbons (Fsp3) is 0. The van der Waals surface area contributed by atoms with Gasteiger partial charge in [0.05, 0.1) is 69.1 Å². The zero-order valence-corrected chi connectivity index (χ0v) is 77.8. The van der Waals surface area contributed by atoms with Crippen molar-refractivity contribution < 1.29 is 0 Å². The first-order valence-corrected chi connectivity index (χ1v) is 48.2. The van der Waals surface area contributed by atoms with E-state index in [2.05, 4.69) is 352 Å². The van der Waals surface area contributed by atoms with Crippen molar-refractivity contribution >= 4 is 32.3 Å². The van der Waals surface area contributed by atoms with Crippen molar-refractivity contribution in [2.24, 2.45) is 0 Å². The molecule has 0 spiro atoms. The Bertz CT molecular complexity index is 9080. The van der Waals surface area contributed by atoms with E-state index in [9.17, 15) is 15.8 Å². The Kier molecular flexibility index (Phi) is 22.0. The van der Waals surface area contributed by atoms with Crippen LogP contribution in [0, 0.1) is 34.0 Å². The first-order chi connectivity index (χ1) is 71.3. The fourth-order valence-electron chi connectivity index (χ4n) is 21.2. The van der Waals surface area contributed by atoms with Crippen molar-refractivity contribution in [1.29, 1.82) is 15.8 Å². The number of aromatic nitrogens is 6. The van der Waals surface area contributed by atoms with Crippen LogP contribution in [0.2, 0.25) is 0 Å². The minimum absolute atomic E-state index is 0.642. The highest BCUT2D eigenvalue weighted by atomic mass is 14.9. The van der Waals surface area contributed by atoms with E-state index in [1.807, 2.05) is 158 Å². The molecule has 21 aromatic carbocycles. The van der Waals surface area contributed by atoms with E-state index in [1.165, 1.54) is 99.3 Å². The summed E-state index contributed by atoms with van der Waals surface area (Å²) in [6.07, 6.45) is 0. The molecule has 3 aliphatic rings. The largest absolute Gasteiger partial charge is 0.228 e. The fourth-order valence-corrected chi connectivity index (χ4v) is 21.2. The van der Waals surface area contributed by atoms with E-state index in [1.54, 1.807) is 0 Å². The van der Waals surface area contributed by atoms with Gasteiger partial charge in [-0.1, -0.05) is 431 Å². The molecule has 0 fully saturated rings. The number of nitriles is 3. The minimum atomic E-state index is 0.642. The molecule has 3 aliphatic carbocycles. The summed E-state index contributed by atoms with van der Waals surface area (Å²) >= 11 is 0. The zero-order valence-electron chi connectivity index (χ0n) is 77.8. The predicted octanol–water partition coefficient (Wildman–Crippen LogP) is 34.5. The van der Waals surface area contributed by atoms with Crippen LogP contribution in [-0.4, -0.2) is 29.9 Å². The van der Waals surface area contributed by atoms with E-state index >= 15 is 0 Å². The first kappa shape index (κ1) is 85.7. The summed E-state index contributed by atoms with van der Waals surface area (Å²) in [7, 11) is 0. The third kappa shape index (κ3) is 15.6. The van der Waals surface area contributed by atoms with Crippen LogP contribution in [0.1, 0.15) is 16.7 Å². The lowest BCUT2D eigenvalue weighted by atomic mass is 9.86. The average molecular weight is 1830 g/mol. The van der Waals surface area contributed by atoms with Gasteiger partial charge in [0.25, 0.3) is 0 Å². The number of nitrogens with zero attached hydrogens (tertiary/aromatic N) is 9. The molecular weight excluding hydrogens is 1750 g/mol. The summed E-state index contributed by atoms with van der Waals surface area (Å²) in [5, 5.41) is 35.7. The highest BCUT2D eigenvalue weighted by Gasteiger charge is 2.31. The molecule has 0 radical (unpaired) electrons. The molecule has 666 valence electrons. The summed E-state index contributed by atoms with van der Waals surface area (Å²) in [5.74, 6) is 2.07. The van der Waals surface area contributed by atoms with Crippen LogP contribution in [-0.2, 0) is 0 Å². The molecule has 9 nitrogen and oxygen atoms in total. The summed E-state index contributed by atoms with van der Waals surface area (Å²) < 4.78 is 0. The summed E-state index contributed by atoms with van der Waals surface area (Å²) in [5.41, 5.74) is 44.8. The van der Waals surface area contributed by atoms with Gasteiger partial charge in [-0.2, -0.15) is 15.8 Å². The topological polar surface area (TPSA) is 149 Å². The van der Waals surface area contributed by atoms with E-state index in [0.717, 1.165) is 151 Å². The van der Waals surface area contributed by atoms with E-state index in [0.29, 0.717) is 34.2 Å². The Hall–Kier alpha value is -19.9. The smallest absolute Gasteiger partial charge is 0.161 e. The van der Waals surface area contributed by atoms with Crippen LogP contribution < -0.4 is 0 Å². The van der Waals surface area contributed by atoms with Crippen LogP contribution in [0.3, 0.4) is 0 Å². The van der Waals surface area contributed by atoms with Gasteiger partial charge in [0.2, 0.25) is 0 Å². The van der Waals surface area contributed by atoms with Gasteiger partial charge in [-0.15, -0.1) is 0 Å². The standard InChI is InChI=1S/C51H31N3.C45H27N3.C39H23N3/c52-32-33-19-21-35(22-20-33)40-27-29-45-42-16-8-9-17-43(42)46-30-28-41(49(40)50(45)46)36-25-23-34(24-26-36)39-15-7-10-18-44(39)48-31-47(37-11-3-1-4-12-37)53-51(54-48)38-13-5-2-6-14-38;46-28-29-19-21-30(22-20-29)33-23-24-38-34-15-7-8-16-35(34)39-25-26-40(43(33)44(38)39)36-17-9-10-18-37(36)42-27-41(31-11-3-1-4-12-31)47-45(48-42)32-13-5-2-6-14-32;40-24-25-15-17-26(18-16-25)29-19-20-32-30-13-7-8-14-31(30)33-21-22-34(37(29)38(32)33)39-41-35(27-9-3-1-4-10-27)23-36(42-39)28-11-5-2-6-12-28/h1-31H;1-27H;1-23H. The lowest BCUT2D eigenvalue weighted by Gasteiger charge is -2.18. The van der Waals surface area contributed by atoms with Gasteiger partial charge in [0.15, 0.2) is 17.5 Å². The lowest BCUT2D eigenvalue weighted by molar-refractivity contribution is 1.18. The number of benzene rings is 21. The second-order valence-electron chi connectivity index (χ2n) is 36.2. The molecule has 3 heterocycles. The Morgan fingerprint density at radius 1 is 0.118 bits per heavy atom. The highest BCUT2D eigenvalue weighted by molar-refractivity contribution is 6.26. The van der Waals surface area contributed by atoms with Crippen molar-refractivity contribution in [3.05, 3.63) is 508 Å². The van der Waals surface area contributed by atoms with Crippen molar-refractivity contribution in [3.63, 3.8) is 0 Å². The van der Waals surface area contributed by atoms with Gasteiger partial charge in [-0.05, 0) is 221 Å². The molecule has 0 atom stereocenters. The average Bonchev–Trinajstić information content (AvgIpc) is 1.55. The summed E-state index contributed by atoms with van der Waals surface area (Å²) in [6.45, 7) is 0. The maximum absolute atomic E-state index is 9.51. The molecular formula is C135H81N9. The lowest BCUT2D eigenvalue weighted by Crippen LogP contribution is -1.97. The van der Waals surface area contributed by atoms with E-state index in [-0.39, 0.29) is 0 Å². The van der Waals surface area contributed by atoms with Crippen molar-refractivity contribution in [2.45, 2.75) is 0 Å². The molecule has 0 unspecified atom stereocenters. The zero-order chi connectivity index (χ0) is 96.1. The molecule has 0 aliphatic heterocycles. The third-order valence-electron chi connectivity index (χ3n) is 27.9. The van der Waals surface area contributed by atoms with Crippen molar-refractivity contribution in [3.8, 4) is 253 Å². The van der Waals surface area contributed by atoms with Gasteiger partial charge in [-0.25, -0.2) is 29.9 Å². The SMILES string of the molecule is N#Cc1ccc(-c2ccc3c4c(ccc(-c5ccc(-c6ccccc6-c6cc(-c7ccccc7)nc(-c7ccccc7)n6)cc5)c24)-c2ccccc2-3)cc1.N#Cc1ccc(-c2ccc3c4c(ccc(-c5ccccc5-c5cc(-c6ccccc6)nc(-c6ccccc6)n5)c24)-c2ccccc2-3)cc1.N#Cc1ccc(-c2ccc3c4c(ccc(-c5nc(-c6ccccc6)cc(-c6ccccc6)n5)c24)-c2ccccc2-3)cc1. The molecule has 0 saturated heterocycles. The molecule has 24 aromatic rings. The van der Waals surface area contributed by atoms with Crippen LogP contribution in [0.5, 0.6) is 0 Å². The van der Waals surface area contributed by atoms with E-state index in [4.69, 9.17) is 29.9 Å². The molecule has 0 amide bonds. The van der Waals surface area contributed by atoms with Crippen LogP contribution in [0.25, 0.3) is 268 Å². The molecule has 9 heteroatoms. The van der Waals surface area contributed by atoms with E-state index < -0.39 is 0 Å². The summed E-state index contributed by atoms with van der Waals surface area (Å²) in [4.78, 5) is 30.8. The molecule has 0 N–H and O–H groups in total. The third-order valence-corrected chi connectivity index (χ3v) is 27.9. The molecule has 3 aromatic heterocycles. The molecule has 0 bridgehead atoms. The van der Waals surface area contributed by atoms with Crippen LogP contribution in [0.4, 0.5) is 0 Å². The molecule has 144 heavy (non-hydrogen) atoms. The van der Waals surface area contributed by atoms with Gasteiger partial charge in [-0.3, -0.25) is 0 Å². The number of hydrogen-bond donors (Lipinski definition) is 0. The quantitative estimate of drug-likeness (QED) is 0.0978. The normalized spacial score (nSPS) is 11.3. The van der Waals surface area contributed by atoms with Gasteiger partial charge < -0.3 is 0 Å². The Morgan fingerprint density at radius 2 is 0.292 bits per heavy atom. The monoisotopic (exact) mass is 1830 g/mol. The predicted molar refractivity (Wildman–Crippen MR) is 588 cm³/mol. The highest BCUT2D eigenvalue weighted by Crippen LogP contribution is 2.57. The van der Waals surface area contributed by atoms with Gasteiger partial charge >= 0.3 is 0 Å². The van der Waals surface area contributed by atoms with Gasteiger partial charge in [0.1, 0.15) is 0 Å².